The Morgan fingerprint density at radius 3 is 1.41 bits per heavy atom. The van der Waals surface area contributed by atoms with Crippen LogP contribution in [-0.4, -0.2) is 4.98 Å². The van der Waals surface area contributed by atoms with E-state index in [1.165, 1.54) is 61.2 Å². The average molecular weight is 622 g/mol. The highest BCUT2D eigenvalue weighted by Crippen LogP contribution is 2.63. The molecule has 2 aliphatic rings. The normalized spacial score (nSPS) is 13.1. The molecule has 228 valence electrons. The molecule has 0 aliphatic heterocycles. The summed E-state index contributed by atoms with van der Waals surface area (Å²) in [6.07, 6.45) is 0. The molecule has 1 nitrogen and oxygen atoms in total. The number of fused-ring (bicyclic) bond motifs is 10. The van der Waals surface area contributed by atoms with E-state index in [1.54, 1.807) is 0 Å². The van der Waals surface area contributed by atoms with Crippen molar-refractivity contribution < 1.29 is 0 Å². The highest BCUT2D eigenvalue weighted by molar-refractivity contribution is 6.00. The largest absolute Gasteiger partial charge is 0.248 e. The van der Waals surface area contributed by atoms with Gasteiger partial charge in [-0.3, -0.25) is 0 Å². The number of benzene rings is 7. The average Bonchev–Trinajstić information content (AvgIpc) is 3.66. The second-order valence-electron chi connectivity index (χ2n) is 13.1. The number of hydrogen-bond donors (Lipinski definition) is 0. The molecule has 0 saturated carbocycles. The minimum absolute atomic E-state index is 0.378. The Balaban J connectivity index is 1.24. The zero-order chi connectivity index (χ0) is 32.4. The van der Waals surface area contributed by atoms with E-state index >= 15 is 0 Å². The van der Waals surface area contributed by atoms with Gasteiger partial charge in [-0.1, -0.05) is 170 Å². The molecule has 0 N–H and O–H groups in total. The van der Waals surface area contributed by atoms with Crippen molar-refractivity contribution in [1.29, 1.82) is 0 Å². The first-order chi connectivity index (χ1) is 24.3. The molecule has 1 aromatic heterocycles. The fourth-order valence-corrected chi connectivity index (χ4v) is 8.46. The molecule has 0 saturated heterocycles. The maximum atomic E-state index is 5.30. The predicted octanol–water partition coefficient (Wildman–Crippen LogP) is 12.1. The third-order valence-corrected chi connectivity index (χ3v) is 10.5. The monoisotopic (exact) mass is 621 g/mol. The van der Waals surface area contributed by atoms with Gasteiger partial charge in [0.2, 0.25) is 0 Å². The van der Waals surface area contributed by atoms with Gasteiger partial charge in [-0.25, -0.2) is 4.98 Å². The van der Waals surface area contributed by atoms with Gasteiger partial charge in [-0.05, 0) is 85.0 Å². The van der Waals surface area contributed by atoms with Gasteiger partial charge in [0.1, 0.15) is 0 Å². The third kappa shape index (κ3) is 4.09. The summed E-state index contributed by atoms with van der Waals surface area (Å²) in [7, 11) is 0. The van der Waals surface area contributed by atoms with Crippen molar-refractivity contribution in [3.63, 3.8) is 0 Å². The lowest BCUT2D eigenvalue weighted by molar-refractivity contribution is 0.794. The Labute approximate surface area is 286 Å². The third-order valence-electron chi connectivity index (χ3n) is 10.5. The van der Waals surface area contributed by atoms with Gasteiger partial charge >= 0.3 is 0 Å². The highest BCUT2D eigenvalue weighted by Gasteiger charge is 2.51. The van der Waals surface area contributed by atoms with Gasteiger partial charge in [0, 0.05) is 11.1 Å². The number of hydrogen-bond acceptors (Lipinski definition) is 1. The molecule has 0 fully saturated rings. The van der Waals surface area contributed by atoms with E-state index in [4.69, 9.17) is 4.98 Å². The van der Waals surface area contributed by atoms with Crippen LogP contribution in [-0.2, 0) is 5.41 Å². The molecule has 2 aliphatic carbocycles. The summed E-state index contributed by atoms with van der Waals surface area (Å²) < 4.78 is 0. The molecule has 0 atom stereocenters. The lowest BCUT2D eigenvalue weighted by Crippen LogP contribution is -2.25. The van der Waals surface area contributed by atoms with Crippen LogP contribution in [0.25, 0.3) is 67.0 Å². The topological polar surface area (TPSA) is 12.9 Å². The van der Waals surface area contributed by atoms with Crippen LogP contribution >= 0.6 is 0 Å². The molecule has 1 heterocycles. The minimum atomic E-state index is -0.378. The van der Waals surface area contributed by atoms with Crippen LogP contribution in [0.2, 0.25) is 0 Å². The zero-order valence-electron chi connectivity index (χ0n) is 26.8. The predicted molar refractivity (Wildman–Crippen MR) is 202 cm³/mol. The van der Waals surface area contributed by atoms with E-state index in [9.17, 15) is 0 Å². The SMILES string of the molecule is c1ccc(-c2cccc(-c3cc(-c4cccc5c4-c4ccccc4C54c5ccccc5-c5ccccc54)cc(-c4ccccc4)n3)c2)cc1. The van der Waals surface area contributed by atoms with Crippen molar-refractivity contribution >= 4 is 0 Å². The van der Waals surface area contributed by atoms with Crippen molar-refractivity contribution in [2.75, 3.05) is 0 Å². The van der Waals surface area contributed by atoms with Crippen LogP contribution < -0.4 is 0 Å². The minimum Gasteiger partial charge on any atom is -0.248 e. The number of aromatic nitrogens is 1. The second-order valence-corrected chi connectivity index (χ2v) is 13.1. The highest BCUT2D eigenvalue weighted by atomic mass is 14.7. The summed E-state index contributed by atoms with van der Waals surface area (Å²) >= 11 is 0. The quantitative estimate of drug-likeness (QED) is 0.191. The Hall–Kier alpha value is -6.31. The molecular formula is C48H31N. The fraction of sp³-hybridized carbons (Fsp3) is 0.0208. The first-order valence-electron chi connectivity index (χ1n) is 17.0. The summed E-state index contributed by atoms with van der Waals surface area (Å²) in [4.78, 5) is 5.30. The van der Waals surface area contributed by atoms with Crippen molar-refractivity contribution in [3.05, 3.63) is 210 Å². The number of rotatable bonds is 4. The smallest absolute Gasteiger partial charge is 0.0725 e. The summed E-state index contributed by atoms with van der Waals surface area (Å²) in [5.74, 6) is 0. The lowest BCUT2D eigenvalue weighted by Gasteiger charge is -2.30. The van der Waals surface area contributed by atoms with Gasteiger partial charge in [0.15, 0.2) is 0 Å². The standard InChI is InChI=1S/C48H31N/c1-3-15-32(16-4-1)34-19-13-20-35(29-34)46-31-36(30-45(49-46)33-17-5-2-6-18-33)37-24-14-28-44-47(37)40-23-9-12-27-43(40)48(44)41-25-10-7-21-38(41)39-22-8-11-26-42(39)48/h1-31H. The van der Waals surface area contributed by atoms with E-state index in [0.717, 1.165) is 28.1 Å². The molecule has 8 aromatic rings. The molecule has 0 radical (unpaired) electrons. The van der Waals surface area contributed by atoms with E-state index in [0.29, 0.717) is 0 Å². The molecule has 0 amide bonds. The van der Waals surface area contributed by atoms with Gasteiger partial charge in [-0.15, -0.1) is 0 Å². The van der Waals surface area contributed by atoms with Crippen molar-refractivity contribution in [3.8, 4) is 67.0 Å². The maximum Gasteiger partial charge on any atom is 0.0725 e. The van der Waals surface area contributed by atoms with Crippen LogP contribution in [0.4, 0.5) is 0 Å². The van der Waals surface area contributed by atoms with E-state index < -0.39 is 0 Å². The summed E-state index contributed by atoms with van der Waals surface area (Å²) in [6, 6.07) is 68.4. The Kier molecular flexibility index (Phi) is 6.16. The van der Waals surface area contributed by atoms with Crippen LogP contribution in [0.15, 0.2) is 188 Å². The van der Waals surface area contributed by atoms with Gasteiger partial charge in [-0.2, -0.15) is 0 Å². The molecule has 10 rings (SSSR count). The lowest BCUT2D eigenvalue weighted by atomic mass is 9.70. The Bertz CT molecular complexity index is 2500. The van der Waals surface area contributed by atoms with Crippen LogP contribution in [0.5, 0.6) is 0 Å². The maximum absolute atomic E-state index is 5.30. The zero-order valence-corrected chi connectivity index (χ0v) is 26.8. The molecule has 0 bridgehead atoms. The van der Waals surface area contributed by atoms with Crippen LogP contribution in [0, 0.1) is 0 Å². The van der Waals surface area contributed by atoms with Crippen molar-refractivity contribution in [1.82, 2.24) is 4.98 Å². The molecule has 1 heteroatoms. The van der Waals surface area contributed by atoms with E-state index in [1.807, 2.05) is 0 Å². The fourth-order valence-electron chi connectivity index (χ4n) is 8.46. The second kappa shape index (κ2) is 10.9. The molecule has 0 unspecified atom stereocenters. The summed E-state index contributed by atoms with van der Waals surface area (Å²) in [6.45, 7) is 0. The van der Waals surface area contributed by atoms with E-state index in [2.05, 4.69) is 188 Å². The summed E-state index contributed by atoms with van der Waals surface area (Å²) in [5, 5.41) is 0. The first kappa shape index (κ1) is 27.8. The van der Waals surface area contributed by atoms with Gasteiger partial charge < -0.3 is 0 Å². The van der Waals surface area contributed by atoms with Crippen molar-refractivity contribution in [2.24, 2.45) is 0 Å². The van der Waals surface area contributed by atoms with Crippen LogP contribution in [0.1, 0.15) is 22.3 Å². The molecule has 7 aromatic carbocycles. The molecular weight excluding hydrogens is 591 g/mol. The van der Waals surface area contributed by atoms with E-state index in [-0.39, 0.29) is 5.41 Å². The number of pyridine rings is 1. The summed E-state index contributed by atoms with van der Waals surface area (Å²) in [5.41, 5.74) is 19.2. The molecule has 1 spiro atoms. The van der Waals surface area contributed by atoms with Crippen molar-refractivity contribution in [2.45, 2.75) is 5.41 Å². The van der Waals surface area contributed by atoms with Gasteiger partial charge in [0.05, 0.1) is 16.8 Å². The number of nitrogens with zero attached hydrogens (tertiary/aromatic N) is 1. The Morgan fingerprint density at radius 2 is 0.735 bits per heavy atom. The first-order valence-corrected chi connectivity index (χ1v) is 17.0. The molecule has 49 heavy (non-hydrogen) atoms. The van der Waals surface area contributed by atoms with Crippen LogP contribution in [0.3, 0.4) is 0 Å². The van der Waals surface area contributed by atoms with Gasteiger partial charge in [0.25, 0.3) is 0 Å². The Morgan fingerprint density at radius 1 is 0.286 bits per heavy atom.